The standard InChI is InChI=1S/C34H28O/c1-24-17-19-26(20-18-24)29-14-8-15-31-30-13-5-6-16-32(30)34(33(29)31,27-10-3-2-4-11-27)28-12-7-9-25(23-28)21-22-35/h2-20,23,35H,21-22H2,1H3. The van der Waals surface area contributed by atoms with E-state index >= 15 is 0 Å². The lowest BCUT2D eigenvalue weighted by Crippen LogP contribution is -2.29. The molecule has 170 valence electrons. The molecule has 1 aliphatic rings. The number of rotatable bonds is 5. The summed E-state index contributed by atoms with van der Waals surface area (Å²) in [7, 11) is 0. The molecule has 0 aliphatic heterocycles. The van der Waals surface area contributed by atoms with Crippen LogP contribution in [0.2, 0.25) is 0 Å². The Morgan fingerprint density at radius 2 is 1.26 bits per heavy atom. The van der Waals surface area contributed by atoms with Gasteiger partial charge in [0.2, 0.25) is 0 Å². The van der Waals surface area contributed by atoms with Crippen molar-refractivity contribution in [2.24, 2.45) is 0 Å². The van der Waals surface area contributed by atoms with Gasteiger partial charge < -0.3 is 5.11 Å². The molecule has 5 aromatic carbocycles. The van der Waals surface area contributed by atoms with E-state index in [1.807, 2.05) is 0 Å². The highest BCUT2D eigenvalue weighted by atomic mass is 16.2. The van der Waals surface area contributed by atoms with E-state index in [9.17, 15) is 5.11 Å². The second kappa shape index (κ2) is 8.69. The third-order valence-electron chi connectivity index (χ3n) is 7.39. The first-order valence-corrected chi connectivity index (χ1v) is 12.3. The van der Waals surface area contributed by atoms with Crippen LogP contribution >= 0.6 is 0 Å². The summed E-state index contributed by atoms with van der Waals surface area (Å²) >= 11 is 0. The lowest BCUT2D eigenvalue weighted by Gasteiger charge is -2.35. The smallest absolute Gasteiger partial charge is 0.0719 e. The molecular weight excluding hydrogens is 424 g/mol. The number of aryl methyl sites for hydroxylation is 1. The molecule has 1 nitrogen and oxygen atoms in total. The molecule has 0 heterocycles. The van der Waals surface area contributed by atoms with Gasteiger partial charge >= 0.3 is 0 Å². The minimum Gasteiger partial charge on any atom is -0.396 e. The zero-order chi connectivity index (χ0) is 23.8. The predicted molar refractivity (Wildman–Crippen MR) is 145 cm³/mol. The first-order valence-electron chi connectivity index (χ1n) is 12.3. The van der Waals surface area contributed by atoms with Crippen LogP contribution in [0.5, 0.6) is 0 Å². The Labute approximate surface area is 207 Å². The number of hydrogen-bond donors (Lipinski definition) is 1. The van der Waals surface area contributed by atoms with Crippen molar-refractivity contribution >= 4 is 0 Å². The van der Waals surface area contributed by atoms with Gasteiger partial charge in [-0.15, -0.1) is 0 Å². The normalized spacial score (nSPS) is 16.1. The SMILES string of the molecule is Cc1ccc(-c2cccc3c2C(c2ccccc2)(c2cccc(CCO)c2)c2ccccc2-3)cc1. The highest BCUT2D eigenvalue weighted by Crippen LogP contribution is 2.58. The van der Waals surface area contributed by atoms with Gasteiger partial charge in [-0.3, -0.25) is 0 Å². The van der Waals surface area contributed by atoms with Crippen LogP contribution in [0.25, 0.3) is 22.3 Å². The first kappa shape index (κ1) is 21.6. The van der Waals surface area contributed by atoms with Gasteiger partial charge in [-0.25, -0.2) is 0 Å². The zero-order valence-electron chi connectivity index (χ0n) is 19.9. The molecule has 1 atom stereocenters. The monoisotopic (exact) mass is 452 g/mol. The maximum Gasteiger partial charge on any atom is 0.0719 e. The van der Waals surface area contributed by atoms with E-state index in [2.05, 4.69) is 128 Å². The summed E-state index contributed by atoms with van der Waals surface area (Å²) in [6.07, 6.45) is 0.646. The molecule has 1 N–H and O–H groups in total. The Balaban J connectivity index is 1.77. The molecule has 0 aromatic heterocycles. The highest BCUT2D eigenvalue weighted by molar-refractivity contribution is 5.92. The molecule has 35 heavy (non-hydrogen) atoms. The molecule has 1 heteroatoms. The second-order valence-electron chi connectivity index (χ2n) is 9.43. The molecule has 5 aromatic rings. The molecular formula is C34H28O. The van der Waals surface area contributed by atoms with Crippen LogP contribution in [0.3, 0.4) is 0 Å². The van der Waals surface area contributed by atoms with E-state index in [0.29, 0.717) is 6.42 Å². The van der Waals surface area contributed by atoms with Crippen molar-refractivity contribution in [1.29, 1.82) is 0 Å². The Morgan fingerprint density at radius 1 is 0.600 bits per heavy atom. The quantitative estimate of drug-likeness (QED) is 0.286. The van der Waals surface area contributed by atoms with Gasteiger partial charge in [-0.05, 0) is 63.4 Å². The summed E-state index contributed by atoms with van der Waals surface area (Å²) in [6.45, 7) is 2.28. The summed E-state index contributed by atoms with van der Waals surface area (Å²) < 4.78 is 0. The van der Waals surface area contributed by atoms with E-state index in [1.54, 1.807) is 0 Å². The van der Waals surface area contributed by atoms with E-state index in [4.69, 9.17) is 0 Å². The summed E-state index contributed by atoms with van der Waals surface area (Å²) in [6, 6.07) is 44.2. The lowest BCUT2D eigenvalue weighted by molar-refractivity contribution is 0.299. The van der Waals surface area contributed by atoms with Gasteiger partial charge in [0.15, 0.2) is 0 Å². The molecule has 0 saturated carbocycles. The fourth-order valence-electron chi connectivity index (χ4n) is 5.88. The molecule has 0 saturated heterocycles. The Kier molecular flexibility index (Phi) is 5.36. The number of aliphatic hydroxyl groups is 1. The van der Waals surface area contributed by atoms with Gasteiger partial charge in [-0.1, -0.05) is 127 Å². The van der Waals surface area contributed by atoms with E-state index in [0.717, 1.165) is 5.56 Å². The maximum atomic E-state index is 9.69. The lowest BCUT2D eigenvalue weighted by atomic mass is 9.66. The number of fused-ring (bicyclic) bond motifs is 3. The molecule has 1 aliphatic carbocycles. The molecule has 0 radical (unpaired) electrons. The number of aliphatic hydroxyl groups excluding tert-OH is 1. The van der Waals surface area contributed by atoms with E-state index in [1.165, 1.54) is 50.1 Å². The molecule has 0 spiro atoms. The molecule has 0 fully saturated rings. The van der Waals surface area contributed by atoms with E-state index in [-0.39, 0.29) is 6.61 Å². The van der Waals surface area contributed by atoms with Crippen LogP contribution in [-0.2, 0) is 11.8 Å². The average Bonchev–Trinajstić information content (AvgIpc) is 3.22. The van der Waals surface area contributed by atoms with Crippen molar-refractivity contribution in [2.75, 3.05) is 6.61 Å². The molecule has 0 amide bonds. The fourth-order valence-corrected chi connectivity index (χ4v) is 5.88. The van der Waals surface area contributed by atoms with Crippen LogP contribution in [0, 0.1) is 6.92 Å². The van der Waals surface area contributed by atoms with Crippen LogP contribution < -0.4 is 0 Å². The first-order chi connectivity index (χ1) is 17.2. The predicted octanol–water partition coefficient (Wildman–Crippen LogP) is 7.56. The zero-order valence-corrected chi connectivity index (χ0v) is 19.9. The van der Waals surface area contributed by atoms with Crippen molar-refractivity contribution in [1.82, 2.24) is 0 Å². The van der Waals surface area contributed by atoms with Crippen molar-refractivity contribution < 1.29 is 5.11 Å². The van der Waals surface area contributed by atoms with Crippen molar-refractivity contribution in [2.45, 2.75) is 18.8 Å². The minimum atomic E-state index is -0.458. The Morgan fingerprint density at radius 3 is 2.06 bits per heavy atom. The van der Waals surface area contributed by atoms with Crippen LogP contribution in [0.4, 0.5) is 0 Å². The summed E-state index contributed by atoms with van der Waals surface area (Å²) in [5.74, 6) is 0. The number of benzene rings is 5. The molecule has 1 unspecified atom stereocenters. The van der Waals surface area contributed by atoms with Crippen LogP contribution in [-0.4, -0.2) is 11.7 Å². The Bertz CT molecular complexity index is 1500. The van der Waals surface area contributed by atoms with Crippen LogP contribution in [0.15, 0.2) is 121 Å². The van der Waals surface area contributed by atoms with E-state index < -0.39 is 5.41 Å². The fraction of sp³-hybridized carbons (Fsp3) is 0.118. The largest absolute Gasteiger partial charge is 0.396 e. The Hall–Kier alpha value is -3.94. The molecule has 0 bridgehead atoms. The minimum absolute atomic E-state index is 0.142. The van der Waals surface area contributed by atoms with Crippen molar-refractivity contribution in [3.63, 3.8) is 0 Å². The summed E-state index contributed by atoms with van der Waals surface area (Å²) in [4.78, 5) is 0. The third kappa shape index (κ3) is 3.35. The second-order valence-corrected chi connectivity index (χ2v) is 9.43. The van der Waals surface area contributed by atoms with Gasteiger partial charge in [-0.2, -0.15) is 0 Å². The highest BCUT2D eigenvalue weighted by Gasteiger charge is 2.47. The third-order valence-corrected chi connectivity index (χ3v) is 7.39. The maximum absolute atomic E-state index is 9.69. The van der Waals surface area contributed by atoms with Crippen molar-refractivity contribution in [3.05, 3.63) is 155 Å². The van der Waals surface area contributed by atoms with Crippen molar-refractivity contribution in [3.8, 4) is 22.3 Å². The van der Waals surface area contributed by atoms with Gasteiger partial charge in [0.25, 0.3) is 0 Å². The van der Waals surface area contributed by atoms with Gasteiger partial charge in [0.1, 0.15) is 0 Å². The number of hydrogen-bond acceptors (Lipinski definition) is 1. The summed E-state index contributed by atoms with van der Waals surface area (Å²) in [5.41, 5.74) is 12.1. The topological polar surface area (TPSA) is 20.2 Å². The average molecular weight is 453 g/mol. The van der Waals surface area contributed by atoms with Gasteiger partial charge in [0.05, 0.1) is 5.41 Å². The van der Waals surface area contributed by atoms with Gasteiger partial charge in [0, 0.05) is 6.61 Å². The molecule has 6 rings (SSSR count). The van der Waals surface area contributed by atoms with Crippen LogP contribution in [0.1, 0.15) is 33.4 Å². The summed E-state index contributed by atoms with van der Waals surface area (Å²) in [5, 5.41) is 9.69.